The fourth-order valence-corrected chi connectivity index (χ4v) is 6.30. The number of carboxylic acids is 1. The van der Waals surface area contributed by atoms with E-state index in [0.29, 0.717) is 31.4 Å². The SMILES string of the molecule is BOC(=O)C[C@H](NC(=O)c1ccc(-c2ccc(C(=O)NCNC(=O)[C@H](CCCCC)[C@@H](CC)N(C=O)OC(=O)c3ccc(OC)cc3OC)o2)cc1OCC(=O)O)C(=O)OCCCC. The van der Waals surface area contributed by atoms with Crippen molar-refractivity contribution in [2.75, 3.05) is 34.1 Å². The summed E-state index contributed by atoms with van der Waals surface area (Å²) in [6, 6.07) is 8.93. The molecule has 21 heteroatoms. The molecule has 0 radical (unpaired) electrons. The van der Waals surface area contributed by atoms with Gasteiger partial charge in [-0.2, -0.15) is 5.06 Å². The summed E-state index contributed by atoms with van der Waals surface area (Å²) in [5.74, 6) is -6.58. The van der Waals surface area contributed by atoms with Crippen LogP contribution in [0.25, 0.3) is 11.3 Å². The van der Waals surface area contributed by atoms with Crippen LogP contribution in [0.1, 0.15) is 103 Å². The van der Waals surface area contributed by atoms with E-state index in [1.54, 1.807) is 6.92 Å². The molecular weight excluding hydrogens is 839 g/mol. The number of nitrogens with zero attached hydrogens (tertiary/aromatic N) is 1. The van der Waals surface area contributed by atoms with Gasteiger partial charge in [-0.25, -0.2) is 14.4 Å². The number of benzene rings is 2. The zero-order valence-corrected chi connectivity index (χ0v) is 36.7. The lowest BCUT2D eigenvalue weighted by atomic mass is 9.90. The Bertz CT molecular complexity index is 2090. The van der Waals surface area contributed by atoms with Gasteiger partial charge in [-0.15, -0.1) is 0 Å². The molecule has 0 bridgehead atoms. The van der Waals surface area contributed by atoms with Gasteiger partial charge in [0.15, 0.2) is 12.4 Å². The molecule has 20 nitrogen and oxygen atoms in total. The maximum absolute atomic E-state index is 13.7. The number of carboxylic acid groups (broad SMARTS) is 1. The van der Waals surface area contributed by atoms with Crippen LogP contribution >= 0.6 is 0 Å². The smallest absolute Gasteiger partial charge is 0.366 e. The van der Waals surface area contributed by atoms with Crippen LogP contribution in [0.3, 0.4) is 0 Å². The van der Waals surface area contributed by atoms with Crippen molar-refractivity contribution in [2.45, 2.75) is 84.2 Å². The minimum Gasteiger partial charge on any atom is -0.543 e. The van der Waals surface area contributed by atoms with Crippen LogP contribution in [-0.2, 0) is 38.2 Å². The minimum atomic E-state index is -1.42. The summed E-state index contributed by atoms with van der Waals surface area (Å²) in [7, 11) is 3.93. The number of carbonyl (C=O) groups excluding carboxylic acids is 7. The van der Waals surface area contributed by atoms with Crippen molar-refractivity contribution >= 4 is 56.1 Å². The normalized spacial score (nSPS) is 12.0. The number of carbonyl (C=O) groups is 8. The van der Waals surface area contributed by atoms with Crippen LogP contribution < -0.4 is 30.2 Å². The maximum Gasteiger partial charge on any atom is 0.366 e. The van der Waals surface area contributed by atoms with Crippen LogP contribution in [0.4, 0.5) is 0 Å². The van der Waals surface area contributed by atoms with E-state index in [1.165, 1.54) is 62.8 Å². The Kier molecular flexibility index (Phi) is 21.2. The summed E-state index contributed by atoms with van der Waals surface area (Å²) in [6.07, 6.45) is 3.91. The summed E-state index contributed by atoms with van der Waals surface area (Å²) in [5, 5.41) is 17.7. The van der Waals surface area contributed by atoms with Crippen LogP contribution in [0.15, 0.2) is 52.9 Å². The number of amides is 4. The van der Waals surface area contributed by atoms with E-state index in [4.69, 9.17) is 28.2 Å². The molecule has 4 amide bonds. The highest BCUT2D eigenvalue weighted by atomic mass is 16.7. The van der Waals surface area contributed by atoms with E-state index in [0.717, 1.165) is 32.4 Å². The predicted octanol–water partition coefficient (Wildman–Crippen LogP) is 3.36. The Morgan fingerprint density at radius 1 is 0.859 bits per heavy atom. The number of hydrogen-bond donors (Lipinski definition) is 4. The van der Waals surface area contributed by atoms with Gasteiger partial charge in [0, 0.05) is 11.6 Å². The second kappa shape index (κ2) is 26.4. The second-order valence-electron chi connectivity index (χ2n) is 14.1. The highest BCUT2D eigenvalue weighted by Gasteiger charge is 2.34. The number of aliphatic carboxylic acids is 1. The van der Waals surface area contributed by atoms with Gasteiger partial charge in [-0.3, -0.25) is 24.0 Å². The third-order valence-electron chi connectivity index (χ3n) is 9.72. The molecule has 0 saturated carbocycles. The van der Waals surface area contributed by atoms with Gasteiger partial charge >= 0.3 is 26.0 Å². The molecule has 0 saturated heterocycles. The molecule has 1 heterocycles. The van der Waals surface area contributed by atoms with Gasteiger partial charge in [-0.05, 0) is 55.7 Å². The number of furan rings is 1. The van der Waals surface area contributed by atoms with Gasteiger partial charge in [0.1, 0.15) is 34.6 Å². The Labute approximate surface area is 371 Å². The first-order chi connectivity index (χ1) is 30.7. The Morgan fingerprint density at radius 3 is 2.23 bits per heavy atom. The Morgan fingerprint density at radius 2 is 1.59 bits per heavy atom. The lowest BCUT2D eigenvalue weighted by Crippen LogP contribution is -2.49. The van der Waals surface area contributed by atoms with Crippen LogP contribution in [0.5, 0.6) is 17.2 Å². The van der Waals surface area contributed by atoms with E-state index in [-0.39, 0.29) is 59.4 Å². The molecular formula is C43H55BN4O16. The summed E-state index contributed by atoms with van der Waals surface area (Å²) in [5.41, 5.74) is 0.102. The number of unbranched alkanes of at least 4 members (excludes halogenated alkanes) is 3. The number of hydroxylamine groups is 2. The van der Waals surface area contributed by atoms with Gasteiger partial charge < -0.3 is 53.9 Å². The zero-order chi connectivity index (χ0) is 47.2. The van der Waals surface area contributed by atoms with E-state index in [2.05, 4.69) is 20.6 Å². The first kappa shape index (κ1) is 51.3. The van der Waals surface area contributed by atoms with Gasteiger partial charge in [0.05, 0.1) is 51.4 Å². The first-order valence-corrected chi connectivity index (χ1v) is 20.6. The zero-order valence-electron chi connectivity index (χ0n) is 36.7. The third-order valence-corrected chi connectivity index (χ3v) is 9.72. The predicted molar refractivity (Wildman–Crippen MR) is 229 cm³/mol. The largest absolute Gasteiger partial charge is 0.543 e. The summed E-state index contributed by atoms with van der Waals surface area (Å²) in [6.45, 7) is 4.48. The molecule has 3 rings (SSSR count). The molecule has 3 atom stereocenters. The number of esters is 1. The fraction of sp³-hybridized carbons (Fsp3) is 0.442. The van der Waals surface area contributed by atoms with Gasteiger partial charge in [0.25, 0.3) is 17.8 Å². The number of nitrogens with one attached hydrogen (secondary N) is 3. The number of methoxy groups -OCH3 is 2. The van der Waals surface area contributed by atoms with Crippen molar-refractivity contribution in [3.05, 3.63) is 65.4 Å². The van der Waals surface area contributed by atoms with E-state index >= 15 is 0 Å². The molecule has 64 heavy (non-hydrogen) atoms. The average molecular weight is 895 g/mol. The molecule has 1 aromatic heterocycles. The minimum absolute atomic E-state index is 0.0254. The van der Waals surface area contributed by atoms with Crippen molar-refractivity contribution in [3.8, 4) is 28.6 Å². The quantitative estimate of drug-likeness (QED) is 0.0203. The maximum atomic E-state index is 13.7. The third kappa shape index (κ3) is 15.1. The lowest BCUT2D eigenvalue weighted by Gasteiger charge is -2.32. The number of hydrogen-bond acceptors (Lipinski definition) is 15. The van der Waals surface area contributed by atoms with Crippen LogP contribution in [-0.4, -0.2) is 112 Å². The molecule has 2 aromatic carbocycles. The molecule has 0 aliphatic rings. The molecule has 0 aliphatic heterocycles. The summed E-state index contributed by atoms with van der Waals surface area (Å²) >= 11 is 0. The van der Waals surface area contributed by atoms with Gasteiger partial charge in [0.2, 0.25) is 12.3 Å². The average Bonchev–Trinajstić information content (AvgIpc) is 3.80. The highest BCUT2D eigenvalue weighted by molar-refractivity contribution is 6.06. The van der Waals surface area contributed by atoms with E-state index < -0.39 is 72.6 Å². The standard InChI is InChI=1S/C43H55BN4O16/c1-6-9-11-12-28(32(8-3)48(25-49)64-42(56)30-16-14-27(58-4)21-35(30)59-5)39(53)45-24-46-41(55)34-18-17-33(62-34)26-13-15-29(36(20-26)61-23-37(50)51)40(54)47-31(22-38(52)63-44)43(57)60-19-10-7-2/h13-18,20-21,25,28,31-32H,6-12,19,22-24,44H2,1-5H3,(H,45,53)(H,46,55)(H,47,54)(H,50,51)/t28-,31+,32-/m1/s1. The molecule has 0 spiro atoms. The molecule has 0 aliphatic carbocycles. The van der Waals surface area contributed by atoms with Crippen LogP contribution in [0, 0.1) is 5.92 Å². The molecule has 3 aromatic rings. The molecule has 346 valence electrons. The number of ether oxygens (including phenoxy) is 4. The lowest BCUT2D eigenvalue weighted by molar-refractivity contribution is -0.171. The fourth-order valence-electron chi connectivity index (χ4n) is 6.30. The van der Waals surface area contributed by atoms with Crippen molar-refractivity contribution < 1.29 is 76.3 Å². The highest BCUT2D eigenvalue weighted by Crippen LogP contribution is 2.30. The topological polar surface area (TPSA) is 265 Å². The summed E-state index contributed by atoms with van der Waals surface area (Å²) in [4.78, 5) is 107. The van der Waals surface area contributed by atoms with Crippen molar-refractivity contribution in [1.29, 1.82) is 0 Å². The van der Waals surface area contributed by atoms with E-state index in [9.17, 15) is 43.5 Å². The van der Waals surface area contributed by atoms with E-state index in [1.807, 2.05) is 13.8 Å². The van der Waals surface area contributed by atoms with Crippen molar-refractivity contribution in [3.63, 3.8) is 0 Å². The van der Waals surface area contributed by atoms with Gasteiger partial charge in [-0.1, -0.05) is 52.5 Å². The molecule has 4 N–H and O–H groups in total. The second-order valence-corrected chi connectivity index (χ2v) is 14.1. The first-order valence-electron chi connectivity index (χ1n) is 20.6. The number of rotatable bonds is 28. The monoisotopic (exact) mass is 894 g/mol. The summed E-state index contributed by atoms with van der Waals surface area (Å²) < 4.78 is 31.5. The molecule has 0 unspecified atom stereocenters. The van der Waals surface area contributed by atoms with Crippen molar-refractivity contribution in [2.24, 2.45) is 5.92 Å². The Hall–Kier alpha value is -7.06. The Balaban J connectivity index is 1.75. The van der Waals surface area contributed by atoms with Crippen LogP contribution in [0.2, 0.25) is 0 Å². The van der Waals surface area contributed by atoms with Crippen molar-refractivity contribution in [1.82, 2.24) is 21.0 Å². The molecule has 0 fully saturated rings.